The van der Waals surface area contributed by atoms with Gasteiger partial charge in [0.05, 0.1) is 0 Å². The van der Waals surface area contributed by atoms with Crippen LogP contribution in [0.4, 0.5) is 0 Å². The first-order valence-electron chi connectivity index (χ1n) is 8.10. The van der Waals surface area contributed by atoms with Gasteiger partial charge in [-0.2, -0.15) is 4.31 Å². The molecule has 2 N–H and O–H groups in total. The standard InChI is InChI=1S/C15H23N3O4S/c1-11-14(23(20,21)18-8-2-3-9-18)10-13(22-11)15(19)17-12-4-6-16-7-5-12/h10,12,16H,2-9H2,1H3,(H,17,19). The number of nitrogens with zero attached hydrogens (tertiary/aromatic N) is 1. The molecule has 0 unspecified atom stereocenters. The highest BCUT2D eigenvalue weighted by molar-refractivity contribution is 7.89. The van der Waals surface area contributed by atoms with Crippen molar-refractivity contribution < 1.29 is 17.6 Å². The second kappa shape index (κ2) is 6.62. The van der Waals surface area contributed by atoms with Gasteiger partial charge in [-0.3, -0.25) is 4.79 Å². The van der Waals surface area contributed by atoms with Crippen molar-refractivity contribution in [3.05, 3.63) is 17.6 Å². The molecular weight excluding hydrogens is 318 g/mol. The van der Waals surface area contributed by atoms with Gasteiger partial charge < -0.3 is 15.1 Å². The van der Waals surface area contributed by atoms with E-state index >= 15 is 0 Å². The first kappa shape index (κ1) is 16.5. The first-order chi connectivity index (χ1) is 11.0. The zero-order chi connectivity index (χ0) is 16.4. The van der Waals surface area contributed by atoms with E-state index in [9.17, 15) is 13.2 Å². The molecule has 3 heterocycles. The Morgan fingerprint density at radius 1 is 1.30 bits per heavy atom. The van der Waals surface area contributed by atoms with Crippen LogP contribution >= 0.6 is 0 Å². The van der Waals surface area contributed by atoms with Crippen LogP contribution < -0.4 is 10.6 Å². The quantitative estimate of drug-likeness (QED) is 0.847. The zero-order valence-electron chi connectivity index (χ0n) is 13.3. The van der Waals surface area contributed by atoms with Crippen molar-refractivity contribution in [2.24, 2.45) is 0 Å². The van der Waals surface area contributed by atoms with Crippen molar-refractivity contribution in [3.8, 4) is 0 Å². The lowest BCUT2D eigenvalue weighted by atomic mass is 10.1. The third kappa shape index (κ3) is 3.44. The van der Waals surface area contributed by atoms with Crippen molar-refractivity contribution >= 4 is 15.9 Å². The lowest BCUT2D eigenvalue weighted by Gasteiger charge is -2.23. The molecule has 23 heavy (non-hydrogen) atoms. The van der Waals surface area contributed by atoms with E-state index in [1.807, 2.05) is 0 Å². The third-order valence-corrected chi connectivity index (χ3v) is 6.46. The second-order valence-electron chi connectivity index (χ2n) is 6.14. The Labute approximate surface area is 136 Å². The molecule has 0 atom stereocenters. The molecule has 0 aromatic carbocycles. The molecule has 0 radical (unpaired) electrons. The summed E-state index contributed by atoms with van der Waals surface area (Å²) < 4.78 is 32.1. The molecule has 3 rings (SSSR count). The topological polar surface area (TPSA) is 91.6 Å². The van der Waals surface area contributed by atoms with Crippen LogP contribution in [0.3, 0.4) is 0 Å². The van der Waals surface area contributed by atoms with Gasteiger partial charge in [-0.25, -0.2) is 8.42 Å². The molecule has 7 nitrogen and oxygen atoms in total. The Morgan fingerprint density at radius 3 is 2.61 bits per heavy atom. The molecule has 0 spiro atoms. The van der Waals surface area contributed by atoms with Crippen LogP contribution in [0.25, 0.3) is 0 Å². The van der Waals surface area contributed by atoms with Crippen molar-refractivity contribution in [1.29, 1.82) is 0 Å². The van der Waals surface area contributed by atoms with Gasteiger partial charge in [0, 0.05) is 25.2 Å². The lowest BCUT2D eigenvalue weighted by molar-refractivity contribution is 0.0900. The van der Waals surface area contributed by atoms with Crippen molar-refractivity contribution in [2.45, 2.75) is 43.5 Å². The number of rotatable bonds is 4. The maximum absolute atomic E-state index is 12.6. The van der Waals surface area contributed by atoms with Gasteiger partial charge >= 0.3 is 0 Å². The molecule has 2 aliphatic rings. The largest absolute Gasteiger partial charge is 0.455 e. The van der Waals surface area contributed by atoms with Gasteiger partial charge in [0.25, 0.3) is 5.91 Å². The number of amides is 1. The number of carbonyl (C=O) groups is 1. The van der Waals surface area contributed by atoms with E-state index in [4.69, 9.17) is 4.42 Å². The maximum Gasteiger partial charge on any atom is 0.287 e. The Hall–Kier alpha value is -1.38. The molecule has 1 aromatic heterocycles. The molecule has 0 bridgehead atoms. The Balaban J connectivity index is 1.76. The van der Waals surface area contributed by atoms with E-state index in [2.05, 4.69) is 10.6 Å². The normalized spacial score (nSPS) is 20.7. The van der Waals surface area contributed by atoms with E-state index in [-0.39, 0.29) is 28.4 Å². The summed E-state index contributed by atoms with van der Waals surface area (Å²) in [4.78, 5) is 12.4. The molecule has 0 saturated carbocycles. The summed E-state index contributed by atoms with van der Waals surface area (Å²) in [6, 6.07) is 1.46. The average Bonchev–Trinajstić information content (AvgIpc) is 3.18. The average molecular weight is 341 g/mol. The fourth-order valence-corrected chi connectivity index (χ4v) is 4.80. The smallest absolute Gasteiger partial charge is 0.287 e. The van der Waals surface area contributed by atoms with Gasteiger partial charge in [-0.05, 0) is 45.7 Å². The summed E-state index contributed by atoms with van der Waals surface area (Å²) in [7, 11) is -3.57. The Bertz CT molecular complexity index is 671. The number of aryl methyl sites for hydroxylation is 1. The van der Waals surface area contributed by atoms with Gasteiger partial charge in [-0.15, -0.1) is 0 Å². The number of furan rings is 1. The van der Waals surface area contributed by atoms with Crippen molar-refractivity contribution in [3.63, 3.8) is 0 Å². The number of carbonyl (C=O) groups excluding carboxylic acids is 1. The van der Waals surface area contributed by atoms with Crippen LogP contribution in [0.15, 0.2) is 15.4 Å². The SMILES string of the molecule is Cc1oc(C(=O)NC2CCNCC2)cc1S(=O)(=O)N1CCCC1. The van der Waals surface area contributed by atoms with Crippen LogP contribution in [0.2, 0.25) is 0 Å². The van der Waals surface area contributed by atoms with E-state index in [0.717, 1.165) is 38.8 Å². The second-order valence-corrected chi connectivity index (χ2v) is 8.05. The van der Waals surface area contributed by atoms with Gasteiger partial charge in [0.15, 0.2) is 5.76 Å². The Kier molecular flexibility index (Phi) is 4.74. The maximum atomic E-state index is 12.6. The summed E-state index contributed by atoms with van der Waals surface area (Å²) in [6.45, 7) is 4.39. The monoisotopic (exact) mass is 341 g/mol. The fourth-order valence-electron chi connectivity index (χ4n) is 3.12. The van der Waals surface area contributed by atoms with E-state index < -0.39 is 10.0 Å². The predicted molar refractivity (Wildman–Crippen MR) is 84.8 cm³/mol. The highest BCUT2D eigenvalue weighted by Crippen LogP contribution is 2.26. The minimum absolute atomic E-state index is 0.0683. The molecule has 2 aliphatic heterocycles. The highest BCUT2D eigenvalue weighted by Gasteiger charge is 2.32. The highest BCUT2D eigenvalue weighted by atomic mass is 32.2. The third-order valence-electron chi connectivity index (χ3n) is 4.45. The van der Waals surface area contributed by atoms with Gasteiger partial charge in [0.2, 0.25) is 10.0 Å². The van der Waals surface area contributed by atoms with Crippen LogP contribution in [0.5, 0.6) is 0 Å². The summed E-state index contributed by atoms with van der Waals surface area (Å²) in [5.41, 5.74) is 0. The van der Waals surface area contributed by atoms with Crippen LogP contribution in [0.1, 0.15) is 42.0 Å². The van der Waals surface area contributed by atoms with Crippen LogP contribution in [0, 0.1) is 6.92 Å². The Morgan fingerprint density at radius 2 is 1.96 bits per heavy atom. The van der Waals surface area contributed by atoms with Crippen LogP contribution in [-0.2, 0) is 10.0 Å². The fraction of sp³-hybridized carbons (Fsp3) is 0.667. The summed E-state index contributed by atoms with van der Waals surface area (Å²) >= 11 is 0. The molecule has 1 aromatic rings. The predicted octanol–water partition coefficient (Wildman–Crippen LogP) is 0.854. The van der Waals surface area contributed by atoms with Crippen molar-refractivity contribution in [2.75, 3.05) is 26.2 Å². The van der Waals surface area contributed by atoms with Gasteiger partial charge in [0.1, 0.15) is 10.7 Å². The summed E-state index contributed by atoms with van der Waals surface area (Å²) in [5, 5.41) is 6.15. The molecular formula is C15H23N3O4S. The lowest BCUT2D eigenvalue weighted by Crippen LogP contribution is -2.42. The number of nitrogens with one attached hydrogen (secondary N) is 2. The van der Waals surface area contributed by atoms with Crippen molar-refractivity contribution in [1.82, 2.24) is 14.9 Å². The molecule has 2 saturated heterocycles. The molecule has 2 fully saturated rings. The van der Waals surface area contributed by atoms with E-state index in [0.29, 0.717) is 13.1 Å². The zero-order valence-corrected chi connectivity index (χ0v) is 14.1. The van der Waals surface area contributed by atoms with E-state index in [1.54, 1.807) is 6.92 Å². The summed E-state index contributed by atoms with van der Waals surface area (Å²) in [5.74, 6) is -0.00552. The number of hydrogen-bond acceptors (Lipinski definition) is 5. The number of hydrogen-bond donors (Lipinski definition) is 2. The van der Waals surface area contributed by atoms with Crippen LogP contribution in [-0.4, -0.2) is 50.9 Å². The minimum atomic E-state index is -3.57. The van der Waals surface area contributed by atoms with Gasteiger partial charge in [-0.1, -0.05) is 0 Å². The summed E-state index contributed by atoms with van der Waals surface area (Å²) in [6.07, 6.45) is 3.48. The molecule has 1 amide bonds. The first-order valence-corrected chi connectivity index (χ1v) is 9.54. The van der Waals surface area contributed by atoms with E-state index in [1.165, 1.54) is 10.4 Å². The molecule has 8 heteroatoms. The number of piperidine rings is 1. The molecule has 128 valence electrons. The minimum Gasteiger partial charge on any atom is -0.455 e. The number of sulfonamides is 1. The molecule has 0 aliphatic carbocycles.